The van der Waals surface area contributed by atoms with Gasteiger partial charge in [0.1, 0.15) is 0 Å². The summed E-state index contributed by atoms with van der Waals surface area (Å²) in [7, 11) is 2.09. The molecule has 1 heteroatoms. The van der Waals surface area contributed by atoms with Crippen molar-refractivity contribution in [3.05, 3.63) is 19.6 Å². The summed E-state index contributed by atoms with van der Waals surface area (Å²) in [6, 6.07) is 0. The van der Waals surface area contributed by atoms with E-state index in [1.54, 1.807) is 0 Å². The molecule has 0 fully saturated rings. The molecule has 0 atom stereocenters. The van der Waals surface area contributed by atoms with Gasteiger partial charge in [-0.25, -0.2) is 0 Å². The fraction of sp³-hybridized carbons (Fsp3) is 0.625. The molecule has 0 heterocycles. The van der Waals surface area contributed by atoms with Crippen LogP contribution in [0.1, 0.15) is 12.8 Å². The molecule has 0 amide bonds. The van der Waals surface area contributed by atoms with Gasteiger partial charge in [-0.15, -0.1) is 6.58 Å². The first-order valence-corrected chi connectivity index (χ1v) is 3.40. The molecule has 0 unspecified atom stereocenters. The minimum atomic E-state index is 0.986. The summed E-state index contributed by atoms with van der Waals surface area (Å²) < 4.78 is 0. The third-order valence-corrected chi connectivity index (χ3v) is 1.23. The topological polar surface area (TPSA) is 3.24 Å². The molecule has 0 aliphatic rings. The van der Waals surface area contributed by atoms with Gasteiger partial charge in [-0.2, -0.15) is 0 Å². The Labute approximate surface area is 58.4 Å². The van der Waals surface area contributed by atoms with Gasteiger partial charge >= 0.3 is 0 Å². The molecule has 0 saturated carbocycles. The summed E-state index contributed by atoms with van der Waals surface area (Å²) in [5.41, 5.74) is 0. The first-order chi connectivity index (χ1) is 4.31. The van der Waals surface area contributed by atoms with Crippen molar-refractivity contribution >= 4 is 0 Å². The van der Waals surface area contributed by atoms with Crippen molar-refractivity contribution in [3.8, 4) is 0 Å². The van der Waals surface area contributed by atoms with E-state index in [2.05, 4.69) is 25.5 Å². The maximum absolute atomic E-state index is 3.77. The fourth-order valence-corrected chi connectivity index (χ4v) is 0.693. The van der Waals surface area contributed by atoms with Gasteiger partial charge in [0.2, 0.25) is 0 Å². The van der Waals surface area contributed by atoms with E-state index < -0.39 is 0 Å². The SMILES string of the molecule is [CH2]CCCN(C)CC=C. The predicted molar refractivity (Wildman–Crippen MR) is 42.3 cm³/mol. The summed E-state index contributed by atoms with van der Waals surface area (Å²) in [4.78, 5) is 2.23. The molecule has 0 aliphatic carbocycles. The van der Waals surface area contributed by atoms with E-state index in [4.69, 9.17) is 0 Å². The number of rotatable bonds is 5. The van der Waals surface area contributed by atoms with E-state index in [9.17, 15) is 0 Å². The number of hydrogen-bond acceptors (Lipinski definition) is 1. The highest BCUT2D eigenvalue weighted by Crippen LogP contribution is 1.89. The number of nitrogens with zero attached hydrogens (tertiary/aromatic N) is 1. The first-order valence-electron chi connectivity index (χ1n) is 3.40. The molecule has 0 rings (SSSR count). The fourth-order valence-electron chi connectivity index (χ4n) is 0.693. The zero-order valence-corrected chi connectivity index (χ0v) is 6.27. The zero-order valence-electron chi connectivity index (χ0n) is 6.27. The molecule has 0 N–H and O–H groups in total. The number of unbranched alkanes of at least 4 members (excludes halogenated alkanes) is 1. The van der Waals surface area contributed by atoms with E-state index in [1.807, 2.05) is 6.08 Å². The summed E-state index contributed by atoms with van der Waals surface area (Å²) in [6.45, 7) is 9.54. The van der Waals surface area contributed by atoms with Crippen LogP contribution in [-0.2, 0) is 0 Å². The normalized spacial score (nSPS) is 10.1. The molecule has 53 valence electrons. The van der Waals surface area contributed by atoms with Gasteiger partial charge in [-0.1, -0.05) is 19.4 Å². The van der Waals surface area contributed by atoms with Crippen molar-refractivity contribution in [1.82, 2.24) is 4.90 Å². The Balaban J connectivity index is 3.04. The summed E-state index contributed by atoms with van der Waals surface area (Å²) in [5.74, 6) is 0. The maximum Gasteiger partial charge on any atom is 0.0157 e. The standard InChI is InChI=1S/C8H16N/c1-4-6-8-9(3)7-5-2/h5H,1-2,4,6-8H2,3H3. The maximum atomic E-state index is 3.77. The third-order valence-electron chi connectivity index (χ3n) is 1.23. The molecule has 1 nitrogen and oxygen atoms in total. The molecule has 0 bridgehead atoms. The second kappa shape index (κ2) is 5.83. The largest absolute Gasteiger partial charge is 0.303 e. The predicted octanol–water partition coefficient (Wildman–Crippen LogP) is 1.72. The van der Waals surface area contributed by atoms with Gasteiger partial charge in [-0.05, 0) is 20.0 Å². The van der Waals surface area contributed by atoms with Crippen LogP contribution in [0, 0.1) is 6.92 Å². The summed E-state index contributed by atoms with van der Waals surface area (Å²) in [6.07, 6.45) is 4.13. The lowest BCUT2D eigenvalue weighted by Gasteiger charge is -2.12. The Kier molecular flexibility index (Phi) is 5.64. The van der Waals surface area contributed by atoms with E-state index in [-0.39, 0.29) is 0 Å². The van der Waals surface area contributed by atoms with Gasteiger partial charge in [0, 0.05) is 6.54 Å². The van der Waals surface area contributed by atoms with E-state index in [0.717, 1.165) is 19.5 Å². The molecule has 0 saturated heterocycles. The van der Waals surface area contributed by atoms with Crippen LogP contribution in [0.15, 0.2) is 12.7 Å². The van der Waals surface area contributed by atoms with Crippen LogP contribution in [0.5, 0.6) is 0 Å². The number of hydrogen-bond donors (Lipinski definition) is 0. The lowest BCUT2D eigenvalue weighted by atomic mass is 10.3. The van der Waals surface area contributed by atoms with Crippen molar-refractivity contribution in [2.75, 3.05) is 20.1 Å². The van der Waals surface area contributed by atoms with Crippen LogP contribution in [-0.4, -0.2) is 25.0 Å². The monoisotopic (exact) mass is 126 g/mol. The Morgan fingerprint density at radius 1 is 1.56 bits per heavy atom. The molecule has 0 aromatic heterocycles. The highest BCUT2D eigenvalue weighted by molar-refractivity contribution is 4.70. The van der Waals surface area contributed by atoms with Crippen LogP contribution in [0.4, 0.5) is 0 Å². The Morgan fingerprint density at radius 2 is 2.22 bits per heavy atom. The van der Waals surface area contributed by atoms with Gasteiger partial charge < -0.3 is 4.90 Å². The van der Waals surface area contributed by atoms with Crippen molar-refractivity contribution in [3.63, 3.8) is 0 Å². The molecule has 0 aliphatic heterocycles. The van der Waals surface area contributed by atoms with E-state index in [0.29, 0.717) is 0 Å². The number of likely N-dealkylation sites (N-methyl/N-ethyl adjacent to an activating group) is 1. The van der Waals surface area contributed by atoms with Gasteiger partial charge in [-0.3, -0.25) is 0 Å². The Hall–Kier alpha value is -0.300. The van der Waals surface area contributed by atoms with Gasteiger partial charge in [0.05, 0.1) is 0 Å². The minimum absolute atomic E-state index is 0.986. The lowest BCUT2D eigenvalue weighted by Crippen LogP contribution is -2.18. The smallest absolute Gasteiger partial charge is 0.0157 e. The van der Waals surface area contributed by atoms with Crippen molar-refractivity contribution in [1.29, 1.82) is 0 Å². The highest BCUT2D eigenvalue weighted by atomic mass is 15.1. The lowest BCUT2D eigenvalue weighted by molar-refractivity contribution is 0.365. The molecule has 9 heavy (non-hydrogen) atoms. The highest BCUT2D eigenvalue weighted by Gasteiger charge is 1.90. The first kappa shape index (κ1) is 8.70. The molecule has 0 aromatic rings. The third kappa shape index (κ3) is 5.57. The summed E-state index contributed by atoms with van der Waals surface area (Å²) >= 11 is 0. The second-order valence-electron chi connectivity index (χ2n) is 2.26. The zero-order chi connectivity index (χ0) is 7.11. The average Bonchev–Trinajstić information content (AvgIpc) is 1.85. The molecule has 0 spiro atoms. The minimum Gasteiger partial charge on any atom is -0.303 e. The Bertz CT molecular complexity index is 69.0. The van der Waals surface area contributed by atoms with E-state index in [1.165, 1.54) is 6.42 Å². The Morgan fingerprint density at radius 3 is 2.67 bits per heavy atom. The van der Waals surface area contributed by atoms with Crippen molar-refractivity contribution < 1.29 is 0 Å². The summed E-state index contributed by atoms with van der Waals surface area (Å²) in [5, 5.41) is 0. The average molecular weight is 126 g/mol. The van der Waals surface area contributed by atoms with Crippen LogP contribution >= 0.6 is 0 Å². The molecular weight excluding hydrogens is 110 g/mol. The quantitative estimate of drug-likeness (QED) is 0.507. The van der Waals surface area contributed by atoms with Crippen molar-refractivity contribution in [2.45, 2.75) is 12.8 Å². The molecular formula is C8H16N. The van der Waals surface area contributed by atoms with Crippen LogP contribution < -0.4 is 0 Å². The van der Waals surface area contributed by atoms with Gasteiger partial charge in [0.15, 0.2) is 0 Å². The van der Waals surface area contributed by atoms with Crippen LogP contribution in [0.2, 0.25) is 0 Å². The second-order valence-corrected chi connectivity index (χ2v) is 2.26. The van der Waals surface area contributed by atoms with Crippen LogP contribution in [0.25, 0.3) is 0 Å². The molecule has 0 aromatic carbocycles. The molecule has 1 radical (unpaired) electrons. The van der Waals surface area contributed by atoms with Gasteiger partial charge in [0.25, 0.3) is 0 Å². The van der Waals surface area contributed by atoms with E-state index >= 15 is 0 Å². The van der Waals surface area contributed by atoms with Crippen LogP contribution in [0.3, 0.4) is 0 Å². The van der Waals surface area contributed by atoms with Crippen molar-refractivity contribution in [2.24, 2.45) is 0 Å².